The van der Waals surface area contributed by atoms with Crippen molar-refractivity contribution >= 4 is 17.3 Å². The van der Waals surface area contributed by atoms with E-state index in [1.165, 1.54) is 22.5 Å². The number of hydrogen-bond acceptors (Lipinski definition) is 3. The molecule has 1 heterocycles. The van der Waals surface area contributed by atoms with Crippen LogP contribution in [0.2, 0.25) is 0 Å². The summed E-state index contributed by atoms with van der Waals surface area (Å²) in [5.41, 5.74) is 2.96. The maximum Gasteiger partial charge on any atom is 0.348 e. The maximum absolute atomic E-state index is 11.7. The zero-order chi connectivity index (χ0) is 11.8. The molecular weight excluding hydrogens is 220 g/mol. The first-order valence-corrected chi connectivity index (χ1v) is 6.68. The van der Waals surface area contributed by atoms with Crippen molar-refractivity contribution < 1.29 is 9.53 Å². The predicted octanol–water partition coefficient (Wildman–Crippen LogP) is 3.44. The highest BCUT2D eigenvalue weighted by Gasteiger charge is 2.29. The average molecular weight is 238 g/mol. The van der Waals surface area contributed by atoms with E-state index in [9.17, 15) is 4.79 Å². The van der Waals surface area contributed by atoms with E-state index in [-0.39, 0.29) is 5.97 Å². The zero-order valence-electron chi connectivity index (χ0n) is 10.1. The maximum atomic E-state index is 11.7. The Morgan fingerprint density at radius 3 is 3.00 bits per heavy atom. The van der Waals surface area contributed by atoms with Crippen molar-refractivity contribution in [1.82, 2.24) is 0 Å². The highest BCUT2D eigenvalue weighted by molar-refractivity contribution is 7.12. The lowest BCUT2D eigenvalue weighted by atomic mass is 9.75. The summed E-state index contributed by atoms with van der Waals surface area (Å²) in [5.74, 6) is -0.145. The lowest BCUT2D eigenvalue weighted by Crippen LogP contribution is -2.22. The molecule has 1 aliphatic carbocycles. The van der Waals surface area contributed by atoms with Gasteiger partial charge in [-0.1, -0.05) is 13.8 Å². The third kappa shape index (κ3) is 2.14. The topological polar surface area (TPSA) is 26.3 Å². The largest absolute Gasteiger partial charge is 0.462 e. The first kappa shape index (κ1) is 11.6. The molecule has 0 N–H and O–H groups in total. The van der Waals surface area contributed by atoms with Gasteiger partial charge < -0.3 is 4.74 Å². The molecule has 0 saturated carbocycles. The van der Waals surface area contributed by atoms with Crippen LogP contribution < -0.4 is 0 Å². The van der Waals surface area contributed by atoms with Crippen LogP contribution in [0.1, 0.15) is 48.0 Å². The molecule has 0 bridgehead atoms. The van der Waals surface area contributed by atoms with Crippen LogP contribution >= 0.6 is 11.3 Å². The van der Waals surface area contributed by atoms with Gasteiger partial charge in [-0.15, -0.1) is 11.3 Å². The molecule has 1 aromatic rings. The van der Waals surface area contributed by atoms with Gasteiger partial charge in [0.25, 0.3) is 0 Å². The molecule has 16 heavy (non-hydrogen) atoms. The van der Waals surface area contributed by atoms with Crippen LogP contribution in [0.25, 0.3) is 0 Å². The van der Waals surface area contributed by atoms with Gasteiger partial charge in [0.05, 0.1) is 6.61 Å². The van der Waals surface area contributed by atoms with E-state index in [1.807, 2.05) is 6.92 Å². The summed E-state index contributed by atoms with van der Waals surface area (Å²) in [4.78, 5) is 12.6. The highest BCUT2D eigenvalue weighted by Crippen LogP contribution is 2.38. The van der Waals surface area contributed by atoms with Gasteiger partial charge in [0.15, 0.2) is 0 Å². The van der Waals surface area contributed by atoms with Crippen LogP contribution in [0.3, 0.4) is 0 Å². The monoisotopic (exact) mass is 238 g/mol. The van der Waals surface area contributed by atoms with Crippen LogP contribution in [-0.4, -0.2) is 12.6 Å². The Kier molecular flexibility index (Phi) is 3.06. The second-order valence-corrected chi connectivity index (χ2v) is 6.01. The highest BCUT2D eigenvalue weighted by atomic mass is 32.1. The van der Waals surface area contributed by atoms with Gasteiger partial charge in [-0.05, 0) is 48.1 Å². The van der Waals surface area contributed by atoms with Gasteiger partial charge >= 0.3 is 5.97 Å². The van der Waals surface area contributed by atoms with Gasteiger partial charge in [0.1, 0.15) is 4.88 Å². The van der Waals surface area contributed by atoms with E-state index in [4.69, 9.17) is 4.74 Å². The molecule has 3 heteroatoms. The molecule has 0 aromatic carbocycles. The molecule has 1 aliphatic rings. The Bertz CT molecular complexity index is 404. The minimum Gasteiger partial charge on any atom is -0.462 e. The standard InChI is InChI=1S/C13H18O2S/c1-4-15-12(14)11-10-5-6-13(2,3)7-9(10)8-16-11/h8H,4-7H2,1-3H3. The molecule has 1 aromatic heterocycles. The Labute approximate surface area is 101 Å². The molecule has 0 saturated heterocycles. The van der Waals surface area contributed by atoms with E-state index in [0.717, 1.165) is 24.1 Å². The fourth-order valence-corrected chi connectivity index (χ4v) is 3.29. The predicted molar refractivity (Wildman–Crippen MR) is 66.1 cm³/mol. The summed E-state index contributed by atoms with van der Waals surface area (Å²) in [6.45, 7) is 6.88. The summed E-state index contributed by atoms with van der Waals surface area (Å²) < 4.78 is 5.08. The van der Waals surface area contributed by atoms with Gasteiger partial charge in [0.2, 0.25) is 0 Å². The summed E-state index contributed by atoms with van der Waals surface area (Å²) in [5, 5.41) is 2.13. The molecule has 0 amide bonds. The fraction of sp³-hybridized carbons (Fsp3) is 0.615. The van der Waals surface area contributed by atoms with E-state index >= 15 is 0 Å². The first-order chi connectivity index (χ1) is 7.53. The Hall–Kier alpha value is -0.830. The number of esters is 1. The Balaban J connectivity index is 2.26. The van der Waals surface area contributed by atoms with E-state index < -0.39 is 0 Å². The van der Waals surface area contributed by atoms with Crippen LogP contribution in [0.15, 0.2) is 5.38 Å². The van der Waals surface area contributed by atoms with E-state index in [0.29, 0.717) is 12.0 Å². The van der Waals surface area contributed by atoms with Crippen molar-refractivity contribution in [3.05, 3.63) is 21.4 Å². The molecule has 0 atom stereocenters. The zero-order valence-corrected chi connectivity index (χ0v) is 10.9. The molecule has 0 aliphatic heterocycles. The van der Waals surface area contributed by atoms with Gasteiger partial charge in [-0.25, -0.2) is 4.79 Å². The van der Waals surface area contributed by atoms with Crippen LogP contribution in [0, 0.1) is 5.41 Å². The van der Waals surface area contributed by atoms with Crippen molar-refractivity contribution in [2.75, 3.05) is 6.61 Å². The molecule has 0 unspecified atom stereocenters. The second kappa shape index (κ2) is 4.21. The number of thiophene rings is 1. The third-order valence-corrected chi connectivity index (χ3v) is 4.21. The third-order valence-electron chi connectivity index (χ3n) is 3.16. The average Bonchev–Trinajstić information content (AvgIpc) is 2.59. The number of rotatable bonds is 2. The van der Waals surface area contributed by atoms with Gasteiger partial charge in [-0.2, -0.15) is 0 Å². The molecule has 0 radical (unpaired) electrons. The number of carbonyl (C=O) groups excluding carboxylic acids is 1. The lowest BCUT2D eigenvalue weighted by Gasteiger charge is -2.29. The molecule has 88 valence electrons. The van der Waals surface area contributed by atoms with Crippen molar-refractivity contribution in [2.45, 2.75) is 40.0 Å². The van der Waals surface area contributed by atoms with Crippen molar-refractivity contribution in [3.8, 4) is 0 Å². The quantitative estimate of drug-likeness (QED) is 0.738. The minimum absolute atomic E-state index is 0.145. The van der Waals surface area contributed by atoms with Crippen LogP contribution in [0.5, 0.6) is 0 Å². The number of hydrogen-bond donors (Lipinski definition) is 0. The van der Waals surface area contributed by atoms with Crippen LogP contribution in [-0.2, 0) is 17.6 Å². The molecule has 0 fully saturated rings. The van der Waals surface area contributed by atoms with E-state index in [2.05, 4.69) is 19.2 Å². The molecule has 0 spiro atoms. The summed E-state index contributed by atoms with van der Waals surface area (Å²) in [6.07, 6.45) is 3.25. The first-order valence-electron chi connectivity index (χ1n) is 5.80. The molecule has 2 nitrogen and oxygen atoms in total. The lowest BCUT2D eigenvalue weighted by molar-refractivity contribution is 0.0530. The van der Waals surface area contributed by atoms with Crippen molar-refractivity contribution in [1.29, 1.82) is 0 Å². The second-order valence-electron chi connectivity index (χ2n) is 5.13. The Morgan fingerprint density at radius 1 is 1.56 bits per heavy atom. The van der Waals surface area contributed by atoms with Crippen molar-refractivity contribution in [3.63, 3.8) is 0 Å². The Morgan fingerprint density at radius 2 is 2.31 bits per heavy atom. The summed E-state index contributed by atoms with van der Waals surface area (Å²) in [6, 6.07) is 0. The molecular formula is C13H18O2S. The number of carbonyl (C=O) groups is 1. The number of fused-ring (bicyclic) bond motifs is 1. The summed E-state index contributed by atoms with van der Waals surface area (Å²) >= 11 is 1.54. The minimum atomic E-state index is -0.145. The van der Waals surface area contributed by atoms with E-state index in [1.54, 1.807) is 0 Å². The summed E-state index contributed by atoms with van der Waals surface area (Å²) in [7, 11) is 0. The normalized spacial score (nSPS) is 17.9. The fourth-order valence-electron chi connectivity index (χ4n) is 2.28. The van der Waals surface area contributed by atoms with Crippen LogP contribution in [0.4, 0.5) is 0 Å². The smallest absolute Gasteiger partial charge is 0.348 e. The van der Waals surface area contributed by atoms with Gasteiger partial charge in [0, 0.05) is 0 Å². The number of ether oxygens (including phenoxy) is 1. The molecule has 2 rings (SSSR count). The van der Waals surface area contributed by atoms with Crippen molar-refractivity contribution in [2.24, 2.45) is 5.41 Å². The SMILES string of the molecule is CCOC(=O)c1scc2c1CCC(C)(C)C2. The van der Waals surface area contributed by atoms with Gasteiger partial charge in [-0.3, -0.25) is 0 Å².